The lowest BCUT2D eigenvalue weighted by atomic mass is 10.1. The lowest BCUT2D eigenvalue weighted by Gasteiger charge is -2.31. The summed E-state index contributed by atoms with van der Waals surface area (Å²) >= 11 is 1.42. The van der Waals surface area contributed by atoms with Crippen LogP contribution in [0.4, 0.5) is 4.39 Å². The predicted octanol–water partition coefficient (Wildman–Crippen LogP) is 3.23. The molecule has 1 aliphatic heterocycles. The van der Waals surface area contributed by atoms with E-state index < -0.39 is 15.8 Å². The van der Waals surface area contributed by atoms with Crippen molar-refractivity contribution in [2.45, 2.75) is 23.8 Å². The number of benzene rings is 2. The van der Waals surface area contributed by atoms with Gasteiger partial charge in [0.05, 0.1) is 21.0 Å². The SMILES string of the molecule is O=c1c2ccccc2sn1C1CCN(S(=O)(=O)c2cccc(F)c2)CC1. The van der Waals surface area contributed by atoms with Gasteiger partial charge in [0.1, 0.15) is 5.82 Å². The number of hydrogen-bond acceptors (Lipinski definition) is 4. The van der Waals surface area contributed by atoms with Crippen molar-refractivity contribution in [1.82, 2.24) is 8.26 Å². The number of sulfonamides is 1. The highest BCUT2D eigenvalue weighted by Gasteiger charge is 2.31. The third-order valence-electron chi connectivity index (χ3n) is 4.70. The zero-order valence-electron chi connectivity index (χ0n) is 13.8. The summed E-state index contributed by atoms with van der Waals surface area (Å²) < 4.78 is 42.8. The van der Waals surface area contributed by atoms with Crippen LogP contribution in [0.5, 0.6) is 0 Å². The van der Waals surface area contributed by atoms with Crippen LogP contribution in [0.1, 0.15) is 18.9 Å². The van der Waals surface area contributed by atoms with Crippen molar-refractivity contribution in [2.24, 2.45) is 0 Å². The highest BCUT2D eigenvalue weighted by atomic mass is 32.2. The van der Waals surface area contributed by atoms with Crippen molar-refractivity contribution in [1.29, 1.82) is 0 Å². The first kappa shape index (κ1) is 17.4. The normalized spacial score (nSPS) is 17.0. The molecule has 0 atom stereocenters. The number of nitrogens with zero attached hydrogens (tertiary/aromatic N) is 2. The number of hydrogen-bond donors (Lipinski definition) is 0. The smallest absolute Gasteiger partial charge is 0.268 e. The molecule has 0 spiro atoms. The number of aromatic nitrogens is 1. The van der Waals surface area contributed by atoms with Gasteiger partial charge in [-0.2, -0.15) is 4.31 Å². The second-order valence-corrected chi connectivity index (χ2v) is 9.26. The summed E-state index contributed by atoms with van der Waals surface area (Å²) in [7, 11) is -3.72. The van der Waals surface area contributed by atoms with Gasteiger partial charge in [0.2, 0.25) is 10.0 Å². The standard InChI is InChI=1S/C18H17FN2O3S2/c19-13-4-3-5-15(12-13)26(23,24)20-10-8-14(9-11-20)21-18(22)16-6-1-2-7-17(16)25-21/h1-7,12,14H,8-11H2. The molecule has 136 valence electrons. The summed E-state index contributed by atoms with van der Waals surface area (Å²) in [6.07, 6.45) is 1.11. The fraction of sp³-hybridized carbons (Fsp3) is 0.278. The highest BCUT2D eigenvalue weighted by molar-refractivity contribution is 7.89. The summed E-state index contributed by atoms with van der Waals surface area (Å²) in [4.78, 5) is 12.5. The molecule has 26 heavy (non-hydrogen) atoms. The van der Waals surface area contributed by atoms with Gasteiger partial charge in [0.15, 0.2) is 0 Å². The van der Waals surface area contributed by atoms with E-state index in [1.165, 1.54) is 34.0 Å². The summed E-state index contributed by atoms with van der Waals surface area (Å²) in [5, 5.41) is 0.701. The Morgan fingerprint density at radius 2 is 1.77 bits per heavy atom. The zero-order chi connectivity index (χ0) is 18.3. The zero-order valence-corrected chi connectivity index (χ0v) is 15.5. The molecule has 0 unspecified atom stereocenters. The molecule has 0 aliphatic carbocycles. The van der Waals surface area contributed by atoms with Gasteiger partial charge in [-0.15, -0.1) is 0 Å². The van der Waals surface area contributed by atoms with Crippen LogP contribution >= 0.6 is 11.5 Å². The predicted molar refractivity (Wildman–Crippen MR) is 99.5 cm³/mol. The van der Waals surface area contributed by atoms with E-state index in [-0.39, 0.29) is 16.5 Å². The molecule has 3 aromatic rings. The number of piperidine rings is 1. The Kier molecular flexibility index (Phi) is 4.42. The van der Waals surface area contributed by atoms with Crippen molar-refractivity contribution in [3.63, 3.8) is 0 Å². The van der Waals surface area contributed by atoms with Crippen LogP contribution in [0.25, 0.3) is 10.1 Å². The summed E-state index contributed by atoms with van der Waals surface area (Å²) in [6.45, 7) is 0.619. The maximum absolute atomic E-state index is 13.4. The molecule has 1 saturated heterocycles. The van der Waals surface area contributed by atoms with E-state index >= 15 is 0 Å². The van der Waals surface area contributed by atoms with Gasteiger partial charge >= 0.3 is 0 Å². The van der Waals surface area contributed by atoms with Crippen LogP contribution in [-0.4, -0.2) is 29.8 Å². The van der Waals surface area contributed by atoms with Crippen molar-refractivity contribution in [2.75, 3.05) is 13.1 Å². The first-order chi connectivity index (χ1) is 12.5. The van der Waals surface area contributed by atoms with Crippen molar-refractivity contribution in [3.8, 4) is 0 Å². The van der Waals surface area contributed by atoms with E-state index in [0.29, 0.717) is 31.3 Å². The fourth-order valence-corrected chi connectivity index (χ4v) is 5.97. The Hall–Kier alpha value is -2.03. The second kappa shape index (κ2) is 6.61. The van der Waals surface area contributed by atoms with Crippen molar-refractivity contribution < 1.29 is 12.8 Å². The molecule has 1 fully saturated rings. The van der Waals surface area contributed by atoms with Crippen LogP contribution in [0, 0.1) is 5.82 Å². The van der Waals surface area contributed by atoms with Gasteiger partial charge in [0, 0.05) is 13.1 Å². The third kappa shape index (κ3) is 2.98. The molecule has 4 rings (SSSR count). The van der Waals surface area contributed by atoms with Gasteiger partial charge < -0.3 is 0 Å². The molecule has 0 radical (unpaired) electrons. The van der Waals surface area contributed by atoms with E-state index in [0.717, 1.165) is 10.8 Å². The molecule has 0 N–H and O–H groups in total. The maximum Gasteiger partial charge on any atom is 0.268 e. The lowest BCUT2D eigenvalue weighted by Crippen LogP contribution is -2.40. The van der Waals surface area contributed by atoms with E-state index in [2.05, 4.69) is 0 Å². The summed E-state index contributed by atoms with van der Waals surface area (Å²) in [5.41, 5.74) is -0.0166. The Bertz CT molecular complexity index is 1110. The number of halogens is 1. The lowest BCUT2D eigenvalue weighted by molar-refractivity contribution is 0.280. The van der Waals surface area contributed by atoms with Crippen molar-refractivity contribution in [3.05, 3.63) is 64.7 Å². The van der Waals surface area contributed by atoms with Crippen LogP contribution < -0.4 is 5.56 Å². The van der Waals surface area contributed by atoms with Gasteiger partial charge in [-0.1, -0.05) is 29.7 Å². The quantitative estimate of drug-likeness (QED) is 0.688. The van der Waals surface area contributed by atoms with Crippen LogP contribution in [0.2, 0.25) is 0 Å². The summed E-state index contributed by atoms with van der Waals surface area (Å²) in [5.74, 6) is -0.571. The van der Waals surface area contributed by atoms with Gasteiger partial charge in [-0.3, -0.25) is 8.75 Å². The van der Waals surface area contributed by atoms with E-state index in [1.807, 2.05) is 24.3 Å². The number of rotatable bonds is 3. The molecule has 0 bridgehead atoms. The molecule has 8 heteroatoms. The first-order valence-electron chi connectivity index (χ1n) is 8.33. The third-order valence-corrected chi connectivity index (χ3v) is 7.81. The van der Waals surface area contributed by atoms with E-state index in [9.17, 15) is 17.6 Å². The molecule has 2 aromatic carbocycles. The number of fused-ring (bicyclic) bond motifs is 1. The minimum Gasteiger partial charge on any atom is -0.268 e. The molecular formula is C18H17FN2O3S2. The Balaban J connectivity index is 1.55. The molecule has 1 aromatic heterocycles. The minimum atomic E-state index is -3.72. The first-order valence-corrected chi connectivity index (χ1v) is 10.5. The second-order valence-electron chi connectivity index (χ2n) is 6.31. The van der Waals surface area contributed by atoms with Gasteiger partial charge in [-0.25, -0.2) is 12.8 Å². The molecule has 2 heterocycles. The van der Waals surface area contributed by atoms with E-state index in [1.54, 1.807) is 3.96 Å². The van der Waals surface area contributed by atoms with Crippen molar-refractivity contribution >= 4 is 31.6 Å². The minimum absolute atomic E-state index is 0.0149. The Labute approximate surface area is 154 Å². The average Bonchev–Trinajstić information content (AvgIpc) is 2.99. The molecule has 0 saturated carbocycles. The Morgan fingerprint density at radius 1 is 1.04 bits per heavy atom. The average molecular weight is 392 g/mol. The van der Waals surface area contributed by atoms with Gasteiger partial charge in [0.25, 0.3) is 5.56 Å². The largest absolute Gasteiger partial charge is 0.268 e. The fourth-order valence-electron chi connectivity index (χ4n) is 3.32. The highest BCUT2D eigenvalue weighted by Crippen LogP contribution is 2.29. The topological polar surface area (TPSA) is 59.4 Å². The molecular weight excluding hydrogens is 375 g/mol. The molecule has 1 aliphatic rings. The van der Waals surface area contributed by atoms with Gasteiger partial charge in [-0.05, 0) is 43.2 Å². The van der Waals surface area contributed by atoms with E-state index in [4.69, 9.17) is 0 Å². The van der Waals surface area contributed by atoms with Crippen LogP contribution in [0.15, 0.2) is 58.2 Å². The maximum atomic E-state index is 13.4. The Morgan fingerprint density at radius 3 is 2.46 bits per heavy atom. The van der Waals surface area contributed by atoms with Crippen LogP contribution in [0.3, 0.4) is 0 Å². The monoisotopic (exact) mass is 392 g/mol. The molecule has 5 nitrogen and oxygen atoms in total. The van der Waals surface area contributed by atoms with Crippen LogP contribution in [-0.2, 0) is 10.0 Å². The molecule has 0 amide bonds. The summed E-state index contributed by atoms with van der Waals surface area (Å²) in [6, 6.07) is 12.5.